The van der Waals surface area contributed by atoms with E-state index in [0.717, 1.165) is 25.7 Å². The Hall–Kier alpha value is -1.36. The van der Waals surface area contributed by atoms with Crippen LogP contribution in [0.15, 0.2) is 12.2 Å². The zero-order valence-corrected chi connectivity index (χ0v) is 9.78. The molecule has 0 bridgehead atoms. The zero-order valence-electron chi connectivity index (χ0n) is 9.78. The van der Waals surface area contributed by atoms with Crippen molar-refractivity contribution in [2.24, 2.45) is 0 Å². The fourth-order valence-corrected chi connectivity index (χ4v) is 2.15. The van der Waals surface area contributed by atoms with E-state index in [1.807, 2.05) is 0 Å². The third-order valence-corrected chi connectivity index (χ3v) is 3.04. The second-order valence-electron chi connectivity index (χ2n) is 4.43. The fourth-order valence-electron chi connectivity index (χ4n) is 2.15. The van der Waals surface area contributed by atoms with Crippen molar-refractivity contribution >= 4 is 11.9 Å². The molecule has 5 heteroatoms. The number of aliphatic hydroxyl groups excluding tert-OH is 1. The van der Waals surface area contributed by atoms with Gasteiger partial charge in [0.25, 0.3) is 0 Å². The number of hydrogen-bond donors (Lipinski definition) is 2. The smallest absolute Gasteiger partial charge is 0.334 e. The van der Waals surface area contributed by atoms with Gasteiger partial charge in [0, 0.05) is 18.6 Å². The molecule has 1 saturated carbocycles. The highest BCUT2D eigenvalue weighted by atomic mass is 16.6. The molecule has 5 nitrogen and oxygen atoms in total. The maximum absolute atomic E-state index is 11.6. The Morgan fingerprint density at radius 3 is 2.35 bits per heavy atom. The van der Waals surface area contributed by atoms with Gasteiger partial charge in [0.15, 0.2) is 0 Å². The van der Waals surface area contributed by atoms with E-state index in [4.69, 9.17) is 14.9 Å². The summed E-state index contributed by atoms with van der Waals surface area (Å²) in [4.78, 5) is 22.1. The van der Waals surface area contributed by atoms with Crippen LogP contribution < -0.4 is 0 Å². The van der Waals surface area contributed by atoms with Crippen molar-refractivity contribution in [2.45, 2.75) is 44.1 Å². The number of carbonyl (C=O) groups excluding carboxylic acids is 1. The SMILES string of the molecule is C=C(CC(=O)O)C(=O)OC1(CCO)CCCC1. The van der Waals surface area contributed by atoms with E-state index in [1.165, 1.54) is 0 Å². The molecular formula is C12H18O5. The van der Waals surface area contributed by atoms with E-state index >= 15 is 0 Å². The van der Waals surface area contributed by atoms with Crippen LogP contribution in [-0.2, 0) is 14.3 Å². The van der Waals surface area contributed by atoms with Crippen molar-refractivity contribution < 1.29 is 24.5 Å². The molecule has 0 radical (unpaired) electrons. The van der Waals surface area contributed by atoms with Gasteiger partial charge in [0.1, 0.15) is 5.60 Å². The average Bonchev–Trinajstić information content (AvgIpc) is 2.66. The standard InChI is InChI=1S/C12H18O5/c1-9(8-10(14)15)11(16)17-12(6-7-13)4-2-3-5-12/h13H,1-8H2,(H,14,15). The first-order chi connectivity index (χ1) is 7.99. The summed E-state index contributed by atoms with van der Waals surface area (Å²) in [6.07, 6.45) is 3.35. The second-order valence-corrected chi connectivity index (χ2v) is 4.43. The van der Waals surface area contributed by atoms with Crippen LogP contribution in [0.1, 0.15) is 38.5 Å². The number of carboxylic acids is 1. The van der Waals surface area contributed by atoms with Crippen LogP contribution in [0.2, 0.25) is 0 Å². The molecule has 0 aliphatic heterocycles. The summed E-state index contributed by atoms with van der Waals surface area (Å²) in [5.74, 6) is -1.77. The summed E-state index contributed by atoms with van der Waals surface area (Å²) in [6, 6.07) is 0. The number of aliphatic carboxylic acids is 1. The van der Waals surface area contributed by atoms with Crippen LogP contribution in [0.4, 0.5) is 0 Å². The van der Waals surface area contributed by atoms with Gasteiger partial charge in [-0.2, -0.15) is 0 Å². The lowest BCUT2D eigenvalue weighted by Gasteiger charge is -2.28. The van der Waals surface area contributed by atoms with Gasteiger partial charge in [-0.25, -0.2) is 4.79 Å². The molecule has 1 aliphatic rings. The van der Waals surface area contributed by atoms with Gasteiger partial charge in [-0.05, 0) is 25.7 Å². The van der Waals surface area contributed by atoms with Gasteiger partial charge in [0.05, 0.1) is 6.42 Å². The van der Waals surface area contributed by atoms with Gasteiger partial charge in [-0.1, -0.05) is 6.58 Å². The number of aliphatic hydroxyl groups is 1. The molecule has 0 amide bonds. The van der Waals surface area contributed by atoms with Crippen LogP contribution in [-0.4, -0.2) is 34.4 Å². The number of carboxylic acid groups (broad SMARTS) is 1. The molecular weight excluding hydrogens is 224 g/mol. The van der Waals surface area contributed by atoms with Gasteiger partial charge in [-0.15, -0.1) is 0 Å². The summed E-state index contributed by atoms with van der Waals surface area (Å²) in [5.41, 5.74) is -0.672. The Bertz CT molecular complexity index is 315. The first kappa shape index (κ1) is 13.7. The third-order valence-electron chi connectivity index (χ3n) is 3.04. The van der Waals surface area contributed by atoms with E-state index < -0.39 is 24.0 Å². The highest BCUT2D eigenvalue weighted by molar-refractivity contribution is 5.93. The Morgan fingerprint density at radius 2 is 1.88 bits per heavy atom. The van der Waals surface area contributed by atoms with Crippen LogP contribution in [0.3, 0.4) is 0 Å². The number of esters is 1. The van der Waals surface area contributed by atoms with Crippen LogP contribution in [0.5, 0.6) is 0 Å². The van der Waals surface area contributed by atoms with Crippen molar-refractivity contribution in [1.82, 2.24) is 0 Å². The monoisotopic (exact) mass is 242 g/mol. The molecule has 1 aliphatic carbocycles. The van der Waals surface area contributed by atoms with E-state index in [-0.39, 0.29) is 12.2 Å². The Morgan fingerprint density at radius 1 is 1.29 bits per heavy atom. The van der Waals surface area contributed by atoms with E-state index in [9.17, 15) is 9.59 Å². The van der Waals surface area contributed by atoms with Crippen LogP contribution in [0.25, 0.3) is 0 Å². The predicted octanol–water partition coefficient (Wildman–Crippen LogP) is 1.26. The summed E-state index contributed by atoms with van der Waals surface area (Å²) < 4.78 is 5.34. The normalized spacial score (nSPS) is 17.7. The van der Waals surface area contributed by atoms with Crippen molar-refractivity contribution in [1.29, 1.82) is 0 Å². The summed E-state index contributed by atoms with van der Waals surface area (Å²) in [5, 5.41) is 17.5. The van der Waals surface area contributed by atoms with Gasteiger partial charge >= 0.3 is 11.9 Å². The predicted molar refractivity (Wildman–Crippen MR) is 60.4 cm³/mol. The van der Waals surface area contributed by atoms with Crippen molar-refractivity contribution in [3.05, 3.63) is 12.2 Å². The second kappa shape index (κ2) is 5.82. The summed E-state index contributed by atoms with van der Waals surface area (Å²) in [6.45, 7) is 3.37. The third kappa shape index (κ3) is 3.85. The van der Waals surface area contributed by atoms with E-state index in [1.54, 1.807) is 0 Å². The highest BCUT2D eigenvalue weighted by Crippen LogP contribution is 2.36. The minimum absolute atomic E-state index is 0.0430. The first-order valence-electron chi connectivity index (χ1n) is 5.73. The molecule has 0 aromatic heterocycles. The minimum Gasteiger partial charge on any atom is -0.481 e. The average molecular weight is 242 g/mol. The summed E-state index contributed by atoms with van der Waals surface area (Å²) >= 11 is 0. The Balaban J connectivity index is 2.58. The molecule has 0 saturated heterocycles. The molecule has 17 heavy (non-hydrogen) atoms. The molecule has 1 fully saturated rings. The largest absolute Gasteiger partial charge is 0.481 e. The zero-order chi connectivity index (χ0) is 12.9. The number of rotatable bonds is 6. The number of carbonyl (C=O) groups is 2. The maximum atomic E-state index is 11.6. The first-order valence-corrected chi connectivity index (χ1v) is 5.73. The van der Waals surface area contributed by atoms with Crippen molar-refractivity contribution in [3.8, 4) is 0 Å². The van der Waals surface area contributed by atoms with Crippen LogP contribution >= 0.6 is 0 Å². The minimum atomic E-state index is -1.10. The topological polar surface area (TPSA) is 83.8 Å². The molecule has 0 aromatic carbocycles. The highest BCUT2D eigenvalue weighted by Gasteiger charge is 2.37. The van der Waals surface area contributed by atoms with E-state index in [0.29, 0.717) is 6.42 Å². The quantitative estimate of drug-likeness (QED) is 0.541. The lowest BCUT2D eigenvalue weighted by atomic mass is 9.98. The molecule has 0 unspecified atom stereocenters. The molecule has 0 spiro atoms. The molecule has 0 atom stereocenters. The van der Waals surface area contributed by atoms with Gasteiger partial charge in [-0.3, -0.25) is 4.79 Å². The van der Waals surface area contributed by atoms with Crippen molar-refractivity contribution in [2.75, 3.05) is 6.61 Å². The Labute approximate surface area is 100 Å². The number of ether oxygens (including phenoxy) is 1. The molecule has 1 rings (SSSR count). The number of hydrogen-bond acceptors (Lipinski definition) is 4. The summed E-state index contributed by atoms with van der Waals surface area (Å²) in [7, 11) is 0. The molecule has 0 aromatic rings. The molecule has 2 N–H and O–H groups in total. The maximum Gasteiger partial charge on any atom is 0.334 e. The lowest BCUT2D eigenvalue weighted by molar-refractivity contribution is -0.157. The van der Waals surface area contributed by atoms with Crippen LogP contribution in [0, 0.1) is 0 Å². The molecule has 0 heterocycles. The fraction of sp³-hybridized carbons (Fsp3) is 0.667. The van der Waals surface area contributed by atoms with Gasteiger partial charge in [0.2, 0.25) is 0 Å². The Kier molecular flexibility index (Phi) is 4.69. The lowest BCUT2D eigenvalue weighted by Crippen LogP contribution is -2.33. The molecule has 96 valence electrons. The van der Waals surface area contributed by atoms with E-state index in [2.05, 4.69) is 6.58 Å². The van der Waals surface area contributed by atoms with Gasteiger partial charge < -0.3 is 14.9 Å². The van der Waals surface area contributed by atoms with Crippen molar-refractivity contribution in [3.63, 3.8) is 0 Å².